The van der Waals surface area contributed by atoms with E-state index in [1.807, 2.05) is 0 Å². The van der Waals surface area contributed by atoms with Crippen LogP contribution >= 0.6 is 15.9 Å². The second kappa shape index (κ2) is 9.64. The molecule has 1 heterocycles. The molecule has 0 bridgehead atoms. The number of rotatable bonds is 5. The summed E-state index contributed by atoms with van der Waals surface area (Å²) < 4.78 is 5.84. The minimum Gasteiger partial charge on any atom is -0.378 e. The monoisotopic (exact) mass is 473 g/mol. The van der Waals surface area contributed by atoms with E-state index in [1.165, 1.54) is 25.1 Å². The fourth-order valence-corrected chi connectivity index (χ4v) is 3.35. The number of nitrogens with zero attached hydrogens (tertiary/aromatic N) is 1. The van der Waals surface area contributed by atoms with Crippen LogP contribution in [0.5, 0.6) is 0 Å². The van der Waals surface area contributed by atoms with E-state index in [2.05, 4.69) is 26.6 Å². The van der Waals surface area contributed by atoms with E-state index in [-0.39, 0.29) is 23.1 Å². The average Bonchev–Trinajstić information content (AvgIpc) is 2.74. The van der Waals surface area contributed by atoms with Crippen LogP contribution in [0.3, 0.4) is 0 Å². The molecule has 30 heavy (non-hydrogen) atoms. The summed E-state index contributed by atoms with van der Waals surface area (Å²) in [5.41, 5.74) is 1.02. The molecule has 0 spiro atoms. The number of halogens is 1. The third-order valence-electron chi connectivity index (χ3n) is 4.41. The molecule has 0 aliphatic carbocycles. The minimum atomic E-state index is -0.879. The van der Waals surface area contributed by atoms with Gasteiger partial charge in [0.25, 0.3) is 17.6 Å². The number of carbonyl (C=O) groups excluding carboxylic acids is 4. The number of amides is 3. The van der Waals surface area contributed by atoms with Gasteiger partial charge in [-0.1, -0.05) is 22.0 Å². The van der Waals surface area contributed by atoms with Crippen LogP contribution in [-0.2, 0) is 14.3 Å². The molecule has 3 amide bonds. The maximum Gasteiger partial charge on any atom is 0.296 e. The Kier molecular flexibility index (Phi) is 6.96. The van der Waals surface area contributed by atoms with Crippen molar-refractivity contribution in [1.29, 1.82) is 0 Å². The Labute approximate surface area is 181 Å². The van der Waals surface area contributed by atoms with Crippen molar-refractivity contribution in [3.8, 4) is 0 Å². The second-order valence-electron chi connectivity index (χ2n) is 6.64. The minimum absolute atomic E-state index is 0.0534. The van der Waals surface area contributed by atoms with Gasteiger partial charge in [0.2, 0.25) is 5.91 Å². The van der Waals surface area contributed by atoms with Crippen LogP contribution < -0.4 is 10.6 Å². The van der Waals surface area contributed by atoms with Gasteiger partial charge in [-0.25, -0.2) is 0 Å². The predicted octanol–water partition coefficient (Wildman–Crippen LogP) is 2.70. The normalized spacial score (nSPS) is 13.5. The van der Waals surface area contributed by atoms with Crippen molar-refractivity contribution in [2.24, 2.45) is 0 Å². The Morgan fingerprint density at radius 1 is 1.00 bits per heavy atom. The number of benzene rings is 2. The van der Waals surface area contributed by atoms with Crippen molar-refractivity contribution in [1.82, 2.24) is 4.90 Å². The first kappa shape index (κ1) is 21.7. The first-order valence-corrected chi connectivity index (χ1v) is 10.0. The molecule has 1 saturated heterocycles. The number of nitrogens with one attached hydrogen (secondary N) is 2. The molecule has 2 aromatic carbocycles. The number of anilines is 2. The highest BCUT2D eigenvalue weighted by molar-refractivity contribution is 9.10. The molecule has 1 fully saturated rings. The van der Waals surface area contributed by atoms with E-state index in [1.54, 1.807) is 29.2 Å². The Bertz CT molecular complexity index is 1000. The molecule has 8 nitrogen and oxygen atoms in total. The quantitative estimate of drug-likeness (QED) is 0.512. The van der Waals surface area contributed by atoms with Gasteiger partial charge in [-0.05, 0) is 36.4 Å². The lowest BCUT2D eigenvalue weighted by Crippen LogP contribution is -2.40. The Morgan fingerprint density at radius 2 is 1.73 bits per heavy atom. The zero-order chi connectivity index (χ0) is 21.7. The molecule has 0 radical (unpaired) electrons. The van der Waals surface area contributed by atoms with Gasteiger partial charge in [-0.2, -0.15) is 0 Å². The molecule has 3 rings (SSSR count). The van der Waals surface area contributed by atoms with Gasteiger partial charge < -0.3 is 20.3 Å². The number of Topliss-reactive ketones (excluding diaryl/α,β-unsaturated/α-hetero) is 1. The molecule has 1 aliphatic heterocycles. The summed E-state index contributed by atoms with van der Waals surface area (Å²) in [5, 5.41) is 5.07. The lowest BCUT2D eigenvalue weighted by molar-refractivity contribution is -0.114. The number of morpholine rings is 1. The largest absolute Gasteiger partial charge is 0.378 e. The molecule has 9 heteroatoms. The van der Waals surface area contributed by atoms with E-state index >= 15 is 0 Å². The van der Waals surface area contributed by atoms with Gasteiger partial charge in [0.1, 0.15) is 0 Å². The lowest BCUT2D eigenvalue weighted by atomic mass is 10.1. The molecular weight excluding hydrogens is 454 g/mol. The van der Waals surface area contributed by atoms with Crippen LogP contribution in [0, 0.1) is 0 Å². The summed E-state index contributed by atoms with van der Waals surface area (Å²) in [6.45, 7) is 3.29. The van der Waals surface area contributed by atoms with Crippen LogP contribution in [0.15, 0.2) is 46.9 Å². The number of hydrogen-bond acceptors (Lipinski definition) is 5. The zero-order valence-electron chi connectivity index (χ0n) is 16.2. The summed E-state index contributed by atoms with van der Waals surface area (Å²) in [6, 6.07) is 11.1. The predicted molar refractivity (Wildman–Crippen MR) is 115 cm³/mol. The topological polar surface area (TPSA) is 105 Å². The van der Waals surface area contributed by atoms with E-state index in [0.29, 0.717) is 42.0 Å². The van der Waals surface area contributed by atoms with E-state index < -0.39 is 11.7 Å². The van der Waals surface area contributed by atoms with Crippen LogP contribution in [0.1, 0.15) is 27.6 Å². The van der Waals surface area contributed by atoms with Crippen LogP contribution in [0.2, 0.25) is 0 Å². The average molecular weight is 474 g/mol. The highest BCUT2D eigenvalue weighted by Gasteiger charge is 2.22. The Balaban J connectivity index is 1.76. The maximum absolute atomic E-state index is 12.7. The third kappa shape index (κ3) is 5.31. The summed E-state index contributed by atoms with van der Waals surface area (Å²) in [4.78, 5) is 50.9. The van der Waals surface area contributed by atoms with Gasteiger partial charge in [0.15, 0.2) is 0 Å². The van der Waals surface area contributed by atoms with E-state index in [0.717, 1.165) is 0 Å². The van der Waals surface area contributed by atoms with Crippen molar-refractivity contribution < 1.29 is 23.9 Å². The van der Waals surface area contributed by atoms with Gasteiger partial charge in [0, 0.05) is 35.7 Å². The second-order valence-corrected chi connectivity index (χ2v) is 7.56. The lowest BCUT2D eigenvalue weighted by Gasteiger charge is -2.27. The summed E-state index contributed by atoms with van der Waals surface area (Å²) in [5.74, 6) is -2.22. The van der Waals surface area contributed by atoms with Crippen molar-refractivity contribution in [2.75, 3.05) is 36.9 Å². The van der Waals surface area contributed by atoms with Gasteiger partial charge in [-0.3, -0.25) is 19.2 Å². The molecule has 1 aliphatic rings. The maximum atomic E-state index is 12.7. The van der Waals surface area contributed by atoms with Crippen molar-refractivity contribution in [3.63, 3.8) is 0 Å². The third-order valence-corrected chi connectivity index (χ3v) is 4.90. The number of ether oxygens (including phenoxy) is 1. The van der Waals surface area contributed by atoms with Crippen molar-refractivity contribution >= 4 is 50.8 Å². The van der Waals surface area contributed by atoms with Crippen LogP contribution in [0.4, 0.5) is 11.4 Å². The first-order chi connectivity index (χ1) is 14.3. The van der Waals surface area contributed by atoms with Gasteiger partial charge in [0.05, 0.1) is 24.5 Å². The zero-order valence-corrected chi connectivity index (χ0v) is 17.8. The summed E-state index contributed by atoms with van der Waals surface area (Å²) >= 11 is 3.26. The number of ketones is 1. The Morgan fingerprint density at radius 3 is 2.43 bits per heavy atom. The molecule has 0 unspecified atom stereocenters. The van der Waals surface area contributed by atoms with Crippen LogP contribution in [-0.4, -0.2) is 54.7 Å². The van der Waals surface area contributed by atoms with Crippen molar-refractivity contribution in [2.45, 2.75) is 6.92 Å². The van der Waals surface area contributed by atoms with Gasteiger partial charge >= 0.3 is 0 Å². The van der Waals surface area contributed by atoms with Gasteiger partial charge in [-0.15, -0.1) is 0 Å². The van der Waals surface area contributed by atoms with Crippen LogP contribution in [0.25, 0.3) is 0 Å². The Hall–Kier alpha value is -3.04. The molecule has 2 aromatic rings. The van der Waals surface area contributed by atoms with E-state index in [4.69, 9.17) is 4.74 Å². The summed E-state index contributed by atoms with van der Waals surface area (Å²) in [6.07, 6.45) is 0. The number of carbonyl (C=O) groups is 4. The molecule has 0 atom stereocenters. The molecule has 156 valence electrons. The highest BCUT2D eigenvalue weighted by atomic mass is 79.9. The summed E-state index contributed by atoms with van der Waals surface area (Å²) in [7, 11) is 0. The highest BCUT2D eigenvalue weighted by Crippen LogP contribution is 2.22. The molecular formula is C21H20BrN3O5. The first-order valence-electron chi connectivity index (χ1n) is 9.25. The smallest absolute Gasteiger partial charge is 0.296 e. The molecule has 0 aromatic heterocycles. The van der Waals surface area contributed by atoms with E-state index in [9.17, 15) is 19.2 Å². The fourth-order valence-electron chi connectivity index (χ4n) is 2.99. The number of hydrogen-bond donors (Lipinski definition) is 2. The molecule has 2 N–H and O–H groups in total. The fraction of sp³-hybridized carbons (Fsp3) is 0.238. The standard InChI is InChI=1S/C21H20BrN3O5/c1-13(26)23-18-6-5-15(22)12-17(18)19(27)20(28)24-16-4-2-3-14(11-16)21(29)25-7-9-30-10-8-25/h2-6,11-12H,7-10H2,1H3,(H,23,26)(H,24,28). The molecule has 0 saturated carbocycles. The SMILES string of the molecule is CC(=O)Nc1ccc(Br)cc1C(=O)C(=O)Nc1cccc(C(=O)N2CCOCC2)c1. The van der Waals surface area contributed by atoms with Crippen molar-refractivity contribution in [3.05, 3.63) is 58.1 Å².